The van der Waals surface area contributed by atoms with Crippen LogP contribution >= 0.6 is 34.5 Å². The fourth-order valence-corrected chi connectivity index (χ4v) is 4.08. The van der Waals surface area contributed by atoms with Gasteiger partial charge in [-0.15, -0.1) is 11.3 Å². The summed E-state index contributed by atoms with van der Waals surface area (Å²) in [4.78, 5) is 4.68. The molecule has 2 aromatic heterocycles. The van der Waals surface area contributed by atoms with Crippen LogP contribution in [0.4, 0.5) is 0 Å². The van der Waals surface area contributed by atoms with Gasteiger partial charge in [0.1, 0.15) is 5.15 Å². The van der Waals surface area contributed by atoms with Gasteiger partial charge in [0.15, 0.2) is 0 Å². The van der Waals surface area contributed by atoms with Crippen molar-refractivity contribution in [3.63, 3.8) is 0 Å². The summed E-state index contributed by atoms with van der Waals surface area (Å²) in [5, 5.41) is 0.134. The lowest BCUT2D eigenvalue weighted by molar-refractivity contribution is 0.568. The first kappa shape index (κ1) is 14.7. The fraction of sp³-hybridized carbons (Fsp3) is 0.182. The van der Waals surface area contributed by atoms with Crippen molar-refractivity contribution in [1.82, 2.24) is 9.71 Å². The molecule has 0 aliphatic carbocycles. The Labute approximate surface area is 125 Å². The number of hydrogen-bond acceptors (Lipinski definition) is 4. The van der Waals surface area contributed by atoms with Gasteiger partial charge in [0.2, 0.25) is 10.0 Å². The summed E-state index contributed by atoms with van der Waals surface area (Å²) in [6.07, 6.45) is 1.35. The molecule has 0 aliphatic rings. The van der Waals surface area contributed by atoms with E-state index in [0.29, 0.717) is 4.34 Å². The molecular formula is C11H10Cl2N2O2S2. The lowest BCUT2D eigenvalue weighted by Gasteiger charge is -2.12. The van der Waals surface area contributed by atoms with E-state index in [-0.39, 0.29) is 16.1 Å². The smallest absolute Gasteiger partial charge is 0.241 e. The number of hydrogen-bond donors (Lipinski definition) is 1. The molecule has 0 fully saturated rings. The molecule has 2 aromatic rings. The average molecular weight is 337 g/mol. The second-order valence-corrected chi connectivity index (χ2v) is 7.65. The monoisotopic (exact) mass is 336 g/mol. The minimum absolute atomic E-state index is 0.0852. The van der Waals surface area contributed by atoms with Crippen LogP contribution in [0.25, 0.3) is 0 Å². The van der Waals surface area contributed by atoms with Crippen molar-refractivity contribution < 1.29 is 8.42 Å². The van der Waals surface area contributed by atoms with Crippen LogP contribution in [0.2, 0.25) is 9.49 Å². The molecule has 4 nitrogen and oxygen atoms in total. The van der Waals surface area contributed by atoms with Gasteiger partial charge >= 0.3 is 0 Å². The van der Waals surface area contributed by atoms with Gasteiger partial charge in [0, 0.05) is 11.1 Å². The van der Waals surface area contributed by atoms with Crippen molar-refractivity contribution in [2.75, 3.05) is 0 Å². The Balaban J connectivity index is 2.22. The topological polar surface area (TPSA) is 59.1 Å². The SMILES string of the molecule is CC(NS(=O)(=O)c1ccnc(Cl)c1)c1ccc(Cl)s1. The van der Waals surface area contributed by atoms with E-state index in [2.05, 4.69) is 9.71 Å². The summed E-state index contributed by atoms with van der Waals surface area (Å²) in [7, 11) is -3.63. The molecule has 1 atom stereocenters. The van der Waals surface area contributed by atoms with Crippen molar-refractivity contribution in [3.05, 3.63) is 44.8 Å². The largest absolute Gasteiger partial charge is 0.244 e. The number of halogens is 2. The minimum Gasteiger partial charge on any atom is -0.244 e. The molecule has 8 heteroatoms. The quantitative estimate of drug-likeness (QED) is 0.869. The first-order valence-corrected chi connectivity index (χ1v) is 8.33. The summed E-state index contributed by atoms with van der Waals surface area (Å²) in [5.41, 5.74) is 0. The van der Waals surface area contributed by atoms with E-state index in [1.807, 2.05) is 0 Å². The highest BCUT2D eigenvalue weighted by atomic mass is 35.5. The lowest BCUT2D eigenvalue weighted by Crippen LogP contribution is -2.26. The summed E-state index contributed by atoms with van der Waals surface area (Å²) < 4.78 is 27.5. The predicted octanol–water partition coefficient (Wildman–Crippen LogP) is 3.49. The van der Waals surface area contributed by atoms with Crippen LogP contribution in [0.15, 0.2) is 35.4 Å². The Kier molecular flexibility index (Phi) is 4.47. The van der Waals surface area contributed by atoms with Gasteiger partial charge in [0.25, 0.3) is 0 Å². The van der Waals surface area contributed by atoms with Crippen molar-refractivity contribution in [3.8, 4) is 0 Å². The maximum Gasteiger partial charge on any atom is 0.241 e. The second kappa shape index (κ2) is 5.76. The maximum atomic E-state index is 12.1. The molecule has 0 saturated heterocycles. The highest BCUT2D eigenvalue weighted by Crippen LogP contribution is 2.27. The van der Waals surface area contributed by atoms with Crippen LogP contribution < -0.4 is 4.72 Å². The molecule has 0 aliphatic heterocycles. The van der Waals surface area contributed by atoms with Crippen molar-refractivity contribution >= 4 is 44.6 Å². The molecule has 0 spiro atoms. The van der Waals surface area contributed by atoms with Crippen molar-refractivity contribution in [2.45, 2.75) is 17.9 Å². The van der Waals surface area contributed by atoms with Crippen LogP contribution in [0.5, 0.6) is 0 Å². The van der Waals surface area contributed by atoms with E-state index in [1.165, 1.54) is 29.7 Å². The first-order valence-electron chi connectivity index (χ1n) is 5.27. The summed E-state index contributed by atoms with van der Waals surface area (Å²) >= 11 is 12.9. The lowest BCUT2D eigenvalue weighted by atomic mass is 10.3. The maximum absolute atomic E-state index is 12.1. The van der Waals surface area contributed by atoms with E-state index in [4.69, 9.17) is 23.2 Å². The Morgan fingerprint density at radius 2 is 2.05 bits per heavy atom. The van der Waals surface area contributed by atoms with Gasteiger partial charge in [-0.3, -0.25) is 0 Å². The summed E-state index contributed by atoms with van der Waals surface area (Å²) in [6.45, 7) is 1.75. The molecule has 0 aromatic carbocycles. The summed E-state index contributed by atoms with van der Waals surface area (Å²) in [6, 6.07) is 5.85. The molecule has 102 valence electrons. The highest BCUT2D eigenvalue weighted by Gasteiger charge is 2.19. The van der Waals surface area contributed by atoms with Crippen LogP contribution in [0.3, 0.4) is 0 Å². The molecule has 1 N–H and O–H groups in total. The zero-order valence-corrected chi connectivity index (χ0v) is 12.9. The molecule has 2 rings (SSSR count). The fourth-order valence-electron chi connectivity index (χ4n) is 1.47. The van der Waals surface area contributed by atoms with Gasteiger partial charge in [-0.2, -0.15) is 0 Å². The third kappa shape index (κ3) is 3.67. The number of nitrogens with one attached hydrogen (secondary N) is 1. The molecule has 1 unspecified atom stereocenters. The standard InChI is InChI=1S/C11H10Cl2N2O2S2/c1-7(9-2-3-11(13)18-9)15-19(16,17)8-4-5-14-10(12)6-8/h2-7,15H,1H3. The van der Waals surface area contributed by atoms with Crippen molar-refractivity contribution in [1.29, 1.82) is 0 Å². The Morgan fingerprint density at radius 3 is 2.63 bits per heavy atom. The molecule has 0 bridgehead atoms. The predicted molar refractivity (Wildman–Crippen MR) is 77.3 cm³/mol. The molecule has 0 radical (unpaired) electrons. The van der Waals surface area contributed by atoms with Gasteiger partial charge < -0.3 is 0 Å². The van der Waals surface area contributed by atoms with Crippen LogP contribution in [-0.4, -0.2) is 13.4 Å². The number of rotatable bonds is 4. The Hall–Kier alpha value is -0.660. The van der Waals surface area contributed by atoms with Crippen molar-refractivity contribution in [2.24, 2.45) is 0 Å². The van der Waals surface area contributed by atoms with Crippen LogP contribution in [0.1, 0.15) is 17.8 Å². The van der Waals surface area contributed by atoms with Gasteiger partial charge in [-0.05, 0) is 31.2 Å². The van der Waals surface area contributed by atoms with E-state index in [0.717, 1.165) is 4.88 Å². The highest BCUT2D eigenvalue weighted by molar-refractivity contribution is 7.89. The second-order valence-electron chi connectivity index (χ2n) is 3.80. The van der Waals surface area contributed by atoms with E-state index >= 15 is 0 Å². The first-order chi connectivity index (χ1) is 8.88. The third-order valence-electron chi connectivity index (χ3n) is 2.36. The number of nitrogens with zero attached hydrogens (tertiary/aromatic N) is 1. The summed E-state index contributed by atoms with van der Waals surface area (Å²) in [5.74, 6) is 0. The van der Waals surface area contributed by atoms with Gasteiger partial charge in [-0.25, -0.2) is 18.1 Å². The van der Waals surface area contributed by atoms with Crippen LogP contribution in [0, 0.1) is 0 Å². The molecule has 0 saturated carbocycles. The Morgan fingerprint density at radius 1 is 1.32 bits per heavy atom. The zero-order chi connectivity index (χ0) is 14.0. The number of thiophene rings is 1. The zero-order valence-electron chi connectivity index (χ0n) is 9.80. The number of pyridine rings is 1. The third-order valence-corrected chi connectivity index (χ3v) is 5.52. The van der Waals surface area contributed by atoms with E-state index in [9.17, 15) is 8.42 Å². The van der Waals surface area contributed by atoms with Crippen LogP contribution in [-0.2, 0) is 10.0 Å². The van der Waals surface area contributed by atoms with E-state index in [1.54, 1.807) is 19.1 Å². The minimum atomic E-state index is -3.63. The molecule has 0 amide bonds. The Bertz CT molecular complexity index is 686. The normalized spacial score (nSPS) is 13.4. The molecule has 2 heterocycles. The number of sulfonamides is 1. The molecular weight excluding hydrogens is 327 g/mol. The average Bonchev–Trinajstić information content (AvgIpc) is 2.75. The van der Waals surface area contributed by atoms with E-state index < -0.39 is 10.0 Å². The molecule has 19 heavy (non-hydrogen) atoms. The van der Waals surface area contributed by atoms with Gasteiger partial charge in [0.05, 0.1) is 15.3 Å². The number of aromatic nitrogens is 1. The van der Waals surface area contributed by atoms with Gasteiger partial charge in [-0.1, -0.05) is 23.2 Å².